The fourth-order valence-electron chi connectivity index (χ4n) is 2.63. The second-order valence-corrected chi connectivity index (χ2v) is 5.80. The standard InChI is InChI=1S/C21H17NO4/c23-21(20-14-24-18-11-4-5-12-19(18)26-20)22-15-7-6-10-17(13-15)25-16-8-2-1-3-9-16/h1-13,20H,14H2,(H,22,23)/t20-/m1/s1. The van der Waals surface area contributed by atoms with Gasteiger partial charge in [0.2, 0.25) is 6.10 Å². The number of hydrogen-bond donors (Lipinski definition) is 1. The van der Waals surface area contributed by atoms with Crippen LogP contribution < -0.4 is 19.5 Å². The van der Waals surface area contributed by atoms with E-state index in [0.717, 1.165) is 5.75 Å². The van der Waals surface area contributed by atoms with Gasteiger partial charge < -0.3 is 19.5 Å². The Morgan fingerprint density at radius 3 is 2.46 bits per heavy atom. The van der Waals surface area contributed by atoms with E-state index in [9.17, 15) is 4.79 Å². The number of anilines is 1. The highest BCUT2D eigenvalue weighted by Crippen LogP contribution is 2.31. The normalized spacial score (nSPS) is 15.2. The summed E-state index contributed by atoms with van der Waals surface area (Å²) in [4.78, 5) is 12.5. The molecule has 3 aromatic rings. The van der Waals surface area contributed by atoms with Crippen molar-refractivity contribution in [1.29, 1.82) is 0 Å². The molecule has 1 amide bonds. The van der Waals surface area contributed by atoms with Crippen LogP contribution in [0.4, 0.5) is 5.69 Å². The third-order valence-electron chi connectivity index (χ3n) is 3.88. The molecule has 130 valence electrons. The molecule has 1 heterocycles. The van der Waals surface area contributed by atoms with Gasteiger partial charge in [-0.15, -0.1) is 0 Å². The van der Waals surface area contributed by atoms with Crippen molar-refractivity contribution in [1.82, 2.24) is 0 Å². The Morgan fingerprint density at radius 2 is 1.62 bits per heavy atom. The Bertz CT molecular complexity index is 911. The molecule has 1 aliphatic heterocycles. The number of fused-ring (bicyclic) bond motifs is 1. The number of rotatable bonds is 4. The first-order valence-electron chi connectivity index (χ1n) is 8.30. The van der Waals surface area contributed by atoms with Gasteiger partial charge in [-0.2, -0.15) is 0 Å². The molecule has 5 heteroatoms. The SMILES string of the molecule is O=C(Nc1cccc(Oc2ccccc2)c1)[C@H]1COc2ccccc2O1. The van der Waals surface area contributed by atoms with Crippen LogP contribution in [0.5, 0.6) is 23.0 Å². The molecule has 5 nitrogen and oxygen atoms in total. The van der Waals surface area contributed by atoms with Crippen LogP contribution in [-0.2, 0) is 4.79 Å². The lowest BCUT2D eigenvalue weighted by atomic mass is 10.2. The number of carbonyl (C=O) groups excluding carboxylic acids is 1. The van der Waals surface area contributed by atoms with Crippen molar-refractivity contribution in [2.45, 2.75) is 6.10 Å². The van der Waals surface area contributed by atoms with Crippen LogP contribution in [0.1, 0.15) is 0 Å². The molecule has 0 bridgehead atoms. The largest absolute Gasteiger partial charge is 0.485 e. The molecule has 1 aliphatic rings. The molecule has 1 N–H and O–H groups in total. The summed E-state index contributed by atoms with van der Waals surface area (Å²) >= 11 is 0. The Labute approximate surface area is 151 Å². The van der Waals surface area contributed by atoms with Crippen LogP contribution in [0.2, 0.25) is 0 Å². The highest BCUT2D eigenvalue weighted by atomic mass is 16.6. The van der Waals surface area contributed by atoms with E-state index < -0.39 is 6.10 Å². The van der Waals surface area contributed by atoms with Crippen LogP contribution >= 0.6 is 0 Å². The zero-order valence-corrected chi connectivity index (χ0v) is 13.9. The number of hydrogen-bond acceptors (Lipinski definition) is 4. The van der Waals surface area contributed by atoms with Crippen LogP contribution in [-0.4, -0.2) is 18.6 Å². The topological polar surface area (TPSA) is 56.8 Å². The molecule has 0 fully saturated rings. The summed E-state index contributed by atoms with van der Waals surface area (Å²) in [5.74, 6) is 2.32. The van der Waals surface area contributed by atoms with E-state index in [-0.39, 0.29) is 12.5 Å². The van der Waals surface area contributed by atoms with Gasteiger partial charge in [0.25, 0.3) is 5.91 Å². The maximum absolute atomic E-state index is 12.5. The molecule has 3 aromatic carbocycles. The van der Waals surface area contributed by atoms with Crippen molar-refractivity contribution in [3.8, 4) is 23.0 Å². The Hall–Kier alpha value is -3.47. The highest BCUT2D eigenvalue weighted by molar-refractivity contribution is 5.94. The van der Waals surface area contributed by atoms with E-state index in [2.05, 4.69) is 5.32 Å². The quantitative estimate of drug-likeness (QED) is 0.766. The number of benzene rings is 3. The first-order chi connectivity index (χ1) is 12.8. The van der Waals surface area contributed by atoms with Gasteiger partial charge in [0.15, 0.2) is 11.5 Å². The first kappa shape index (κ1) is 16.0. The fourth-order valence-corrected chi connectivity index (χ4v) is 2.63. The molecular formula is C21H17NO4. The molecule has 0 aliphatic carbocycles. The zero-order chi connectivity index (χ0) is 17.8. The predicted molar refractivity (Wildman–Crippen MR) is 97.9 cm³/mol. The van der Waals surface area contributed by atoms with Gasteiger partial charge in [0.1, 0.15) is 18.1 Å². The van der Waals surface area contributed by atoms with Crippen molar-refractivity contribution >= 4 is 11.6 Å². The number of amides is 1. The van der Waals surface area contributed by atoms with Crippen LogP contribution in [0.3, 0.4) is 0 Å². The Morgan fingerprint density at radius 1 is 0.885 bits per heavy atom. The second kappa shape index (κ2) is 7.19. The minimum Gasteiger partial charge on any atom is -0.485 e. The minimum absolute atomic E-state index is 0.170. The maximum atomic E-state index is 12.5. The van der Waals surface area contributed by atoms with Crippen molar-refractivity contribution in [3.05, 3.63) is 78.9 Å². The lowest BCUT2D eigenvalue weighted by Crippen LogP contribution is -2.40. The summed E-state index contributed by atoms with van der Waals surface area (Å²) in [5.41, 5.74) is 0.630. The molecule has 0 radical (unpaired) electrons. The lowest BCUT2D eigenvalue weighted by molar-refractivity contribution is -0.125. The number of nitrogens with one attached hydrogen (secondary N) is 1. The van der Waals surface area contributed by atoms with E-state index in [1.807, 2.05) is 60.7 Å². The predicted octanol–water partition coefficient (Wildman–Crippen LogP) is 4.26. The van der Waals surface area contributed by atoms with Gasteiger partial charge in [0, 0.05) is 11.8 Å². The van der Waals surface area contributed by atoms with E-state index in [4.69, 9.17) is 14.2 Å². The number of carbonyl (C=O) groups is 1. The molecule has 4 rings (SSSR count). The average molecular weight is 347 g/mol. The summed E-state index contributed by atoms with van der Waals surface area (Å²) < 4.78 is 17.1. The maximum Gasteiger partial charge on any atom is 0.269 e. The number of para-hydroxylation sites is 3. The van der Waals surface area contributed by atoms with Crippen molar-refractivity contribution < 1.29 is 19.0 Å². The van der Waals surface area contributed by atoms with Gasteiger partial charge in [0.05, 0.1) is 0 Å². The van der Waals surface area contributed by atoms with Crippen molar-refractivity contribution in [2.75, 3.05) is 11.9 Å². The lowest BCUT2D eigenvalue weighted by Gasteiger charge is -2.25. The van der Waals surface area contributed by atoms with Crippen molar-refractivity contribution in [3.63, 3.8) is 0 Å². The van der Waals surface area contributed by atoms with E-state index in [1.165, 1.54) is 0 Å². The zero-order valence-electron chi connectivity index (χ0n) is 13.9. The van der Waals surface area contributed by atoms with Gasteiger partial charge in [-0.05, 0) is 36.4 Å². The summed E-state index contributed by atoms with van der Waals surface area (Å²) in [6, 6.07) is 24.0. The van der Waals surface area contributed by atoms with Crippen LogP contribution in [0, 0.1) is 0 Å². The van der Waals surface area contributed by atoms with E-state index in [0.29, 0.717) is 22.9 Å². The minimum atomic E-state index is -0.705. The molecule has 26 heavy (non-hydrogen) atoms. The number of ether oxygens (including phenoxy) is 3. The molecule has 1 atom stereocenters. The summed E-state index contributed by atoms with van der Waals surface area (Å²) in [5, 5.41) is 2.84. The molecular weight excluding hydrogens is 330 g/mol. The monoisotopic (exact) mass is 347 g/mol. The second-order valence-electron chi connectivity index (χ2n) is 5.80. The van der Waals surface area contributed by atoms with Gasteiger partial charge in [-0.1, -0.05) is 36.4 Å². The van der Waals surface area contributed by atoms with Gasteiger partial charge in [-0.25, -0.2) is 0 Å². The van der Waals surface area contributed by atoms with Gasteiger partial charge in [-0.3, -0.25) is 4.79 Å². The summed E-state index contributed by atoms with van der Waals surface area (Å²) in [6.45, 7) is 0.170. The third-order valence-corrected chi connectivity index (χ3v) is 3.88. The highest BCUT2D eigenvalue weighted by Gasteiger charge is 2.27. The van der Waals surface area contributed by atoms with Crippen molar-refractivity contribution in [2.24, 2.45) is 0 Å². The van der Waals surface area contributed by atoms with E-state index >= 15 is 0 Å². The van der Waals surface area contributed by atoms with Crippen LogP contribution in [0.15, 0.2) is 78.9 Å². The molecule has 0 aromatic heterocycles. The van der Waals surface area contributed by atoms with Crippen LogP contribution in [0.25, 0.3) is 0 Å². The Balaban J connectivity index is 1.43. The third kappa shape index (κ3) is 3.62. The molecule has 0 spiro atoms. The fraction of sp³-hybridized carbons (Fsp3) is 0.0952. The smallest absolute Gasteiger partial charge is 0.269 e. The average Bonchev–Trinajstić information content (AvgIpc) is 2.68. The van der Waals surface area contributed by atoms with E-state index in [1.54, 1.807) is 18.2 Å². The first-order valence-corrected chi connectivity index (χ1v) is 8.30. The molecule has 0 unspecified atom stereocenters. The summed E-state index contributed by atoms with van der Waals surface area (Å²) in [7, 11) is 0. The Kier molecular flexibility index (Phi) is 4.43. The summed E-state index contributed by atoms with van der Waals surface area (Å²) in [6.07, 6.45) is -0.705. The van der Waals surface area contributed by atoms with Gasteiger partial charge >= 0.3 is 0 Å². The molecule has 0 saturated carbocycles. The molecule has 0 saturated heterocycles.